The first-order chi connectivity index (χ1) is 8.74. The first-order valence-electron chi connectivity index (χ1n) is 6.83. The predicted molar refractivity (Wildman–Crippen MR) is 74.8 cm³/mol. The lowest BCUT2D eigenvalue weighted by atomic mass is 10.1. The number of rotatable bonds is 9. The van der Waals surface area contributed by atoms with Crippen molar-refractivity contribution in [3.05, 3.63) is 0 Å². The molecule has 0 saturated carbocycles. The molecule has 0 aromatic carbocycles. The molecule has 0 aliphatic heterocycles. The Kier molecular flexibility index (Phi) is 11.3. The molecule has 5 nitrogen and oxygen atoms in total. The molecular formula is C13H27N3O2. The van der Waals surface area contributed by atoms with Gasteiger partial charge in [-0.05, 0) is 26.7 Å². The van der Waals surface area contributed by atoms with Gasteiger partial charge >= 0.3 is 5.97 Å². The summed E-state index contributed by atoms with van der Waals surface area (Å²) in [4.78, 5) is 15.3. The summed E-state index contributed by atoms with van der Waals surface area (Å²) >= 11 is 0. The molecule has 18 heavy (non-hydrogen) atoms. The normalized spacial score (nSPS) is 9.72. The second-order valence-electron chi connectivity index (χ2n) is 4.03. The van der Waals surface area contributed by atoms with Gasteiger partial charge < -0.3 is 15.4 Å². The number of methoxy groups -OCH3 is 1. The number of guanidine groups is 1. The van der Waals surface area contributed by atoms with E-state index in [2.05, 4.69) is 34.2 Å². The molecule has 0 aromatic heterocycles. The average Bonchev–Trinajstić information content (AvgIpc) is 2.37. The van der Waals surface area contributed by atoms with Crippen LogP contribution in [0.1, 0.15) is 46.0 Å². The zero-order chi connectivity index (χ0) is 13.6. The van der Waals surface area contributed by atoms with E-state index in [1.165, 1.54) is 7.11 Å². The number of hydrogen-bond donors (Lipinski definition) is 2. The van der Waals surface area contributed by atoms with Gasteiger partial charge in [-0.1, -0.05) is 12.8 Å². The van der Waals surface area contributed by atoms with Crippen molar-refractivity contribution in [3.8, 4) is 0 Å². The number of carbonyl (C=O) groups is 1. The standard InChI is InChI=1S/C13H27N3O2/c1-4-14-13(15-5-2)16-11-9-7-6-8-10-12(17)18-3/h4-11H2,1-3H3,(H2,14,15,16). The van der Waals surface area contributed by atoms with Crippen LogP contribution in [0.3, 0.4) is 0 Å². The van der Waals surface area contributed by atoms with Crippen molar-refractivity contribution in [1.29, 1.82) is 0 Å². The Labute approximate surface area is 110 Å². The lowest BCUT2D eigenvalue weighted by molar-refractivity contribution is -0.140. The highest BCUT2D eigenvalue weighted by Gasteiger charge is 1.99. The predicted octanol–water partition coefficient (Wildman–Crippen LogP) is 1.68. The Balaban J connectivity index is 3.52. The zero-order valence-electron chi connectivity index (χ0n) is 11.9. The number of carbonyl (C=O) groups excluding carboxylic acids is 1. The van der Waals surface area contributed by atoms with Crippen LogP contribution in [-0.4, -0.2) is 38.7 Å². The number of ether oxygens (including phenoxy) is 1. The second-order valence-corrected chi connectivity index (χ2v) is 4.03. The number of nitrogens with one attached hydrogen (secondary N) is 2. The summed E-state index contributed by atoms with van der Waals surface area (Å²) in [5, 5.41) is 6.37. The van der Waals surface area contributed by atoms with Crippen molar-refractivity contribution < 1.29 is 9.53 Å². The van der Waals surface area contributed by atoms with Gasteiger partial charge in [0.15, 0.2) is 5.96 Å². The molecule has 0 bridgehead atoms. The maximum absolute atomic E-state index is 10.9. The highest BCUT2D eigenvalue weighted by molar-refractivity contribution is 5.79. The van der Waals surface area contributed by atoms with Gasteiger partial charge in [0.05, 0.1) is 7.11 Å². The van der Waals surface area contributed by atoms with Crippen LogP contribution in [0.15, 0.2) is 4.99 Å². The Bertz CT molecular complexity index is 234. The lowest BCUT2D eigenvalue weighted by Gasteiger charge is -2.08. The van der Waals surface area contributed by atoms with Gasteiger partial charge in [0.2, 0.25) is 0 Å². The van der Waals surface area contributed by atoms with E-state index in [0.29, 0.717) is 6.42 Å². The van der Waals surface area contributed by atoms with Crippen molar-refractivity contribution in [2.24, 2.45) is 4.99 Å². The molecule has 106 valence electrons. The third kappa shape index (κ3) is 9.93. The van der Waals surface area contributed by atoms with Gasteiger partial charge in [0.25, 0.3) is 0 Å². The Morgan fingerprint density at radius 2 is 1.67 bits per heavy atom. The van der Waals surface area contributed by atoms with Crippen molar-refractivity contribution in [2.45, 2.75) is 46.0 Å². The van der Waals surface area contributed by atoms with E-state index in [-0.39, 0.29) is 5.97 Å². The van der Waals surface area contributed by atoms with Crippen LogP contribution in [0.5, 0.6) is 0 Å². The van der Waals surface area contributed by atoms with Gasteiger partial charge in [0.1, 0.15) is 0 Å². The van der Waals surface area contributed by atoms with Gasteiger partial charge in [0, 0.05) is 26.1 Å². The molecule has 2 N–H and O–H groups in total. The summed E-state index contributed by atoms with van der Waals surface area (Å²) in [6.45, 7) is 6.70. The Hall–Kier alpha value is -1.26. The summed E-state index contributed by atoms with van der Waals surface area (Å²) in [5.74, 6) is 0.768. The zero-order valence-corrected chi connectivity index (χ0v) is 11.9. The van der Waals surface area contributed by atoms with Gasteiger partial charge in [-0.3, -0.25) is 9.79 Å². The molecule has 5 heteroatoms. The van der Waals surface area contributed by atoms with Crippen LogP contribution in [0, 0.1) is 0 Å². The molecule has 0 heterocycles. The molecule has 0 unspecified atom stereocenters. The monoisotopic (exact) mass is 257 g/mol. The topological polar surface area (TPSA) is 62.7 Å². The van der Waals surface area contributed by atoms with Crippen LogP contribution in [0.4, 0.5) is 0 Å². The molecule has 0 rings (SSSR count). The first-order valence-corrected chi connectivity index (χ1v) is 6.83. The number of nitrogens with zero attached hydrogens (tertiary/aromatic N) is 1. The third-order valence-corrected chi connectivity index (χ3v) is 2.48. The van der Waals surface area contributed by atoms with E-state index in [1.807, 2.05) is 0 Å². The molecule has 0 aromatic rings. The maximum Gasteiger partial charge on any atom is 0.305 e. The highest BCUT2D eigenvalue weighted by atomic mass is 16.5. The number of esters is 1. The third-order valence-electron chi connectivity index (χ3n) is 2.48. The minimum absolute atomic E-state index is 0.116. The smallest absolute Gasteiger partial charge is 0.305 e. The summed E-state index contributed by atoms with van der Waals surface area (Å²) < 4.78 is 4.59. The fourth-order valence-corrected chi connectivity index (χ4v) is 1.54. The summed E-state index contributed by atoms with van der Waals surface area (Å²) in [6, 6.07) is 0. The SMILES string of the molecule is CCNC(=NCCCCCCC(=O)OC)NCC. The molecule has 0 saturated heterocycles. The fraction of sp³-hybridized carbons (Fsp3) is 0.846. The van der Waals surface area contributed by atoms with E-state index in [1.54, 1.807) is 0 Å². The summed E-state index contributed by atoms with van der Waals surface area (Å²) in [7, 11) is 1.43. The molecule has 0 atom stereocenters. The van der Waals surface area contributed by atoms with Crippen LogP contribution in [0.2, 0.25) is 0 Å². The summed E-state index contributed by atoms with van der Waals surface area (Å²) in [6.07, 6.45) is 4.65. The van der Waals surface area contributed by atoms with Crippen molar-refractivity contribution in [1.82, 2.24) is 10.6 Å². The minimum Gasteiger partial charge on any atom is -0.469 e. The van der Waals surface area contributed by atoms with Gasteiger partial charge in [-0.2, -0.15) is 0 Å². The van der Waals surface area contributed by atoms with Gasteiger partial charge in [-0.15, -0.1) is 0 Å². The largest absolute Gasteiger partial charge is 0.469 e. The second kappa shape index (κ2) is 12.2. The van der Waals surface area contributed by atoms with E-state index >= 15 is 0 Å². The van der Waals surface area contributed by atoms with E-state index in [4.69, 9.17) is 0 Å². The average molecular weight is 257 g/mol. The number of aliphatic imine (C=N–C) groups is 1. The number of unbranched alkanes of at least 4 members (excludes halogenated alkanes) is 3. The van der Waals surface area contributed by atoms with Crippen molar-refractivity contribution in [2.75, 3.05) is 26.7 Å². The molecule has 0 aliphatic rings. The molecule has 0 aliphatic carbocycles. The molecule has 0 spiro atoms. The first kappa shape index (κ1) is 16.7. The van der Waals surface area contributed by atoms with E-state index < -0.39 is 0 Å². The van der Waals surface area contributed by atoms with Gasteiger partial charge in [-0.25, -0.2) is 0 Å². The van der Waals surface area contributed by atoms with E-state index in [9.17, 15) is 4.79 Å². The number of hydrogen-bond acceptors (Lipinski definition) is 3. The van der Waals surface area contributed by atoms with Crippen LogP contribution < -0.4 is 10.6 Å². The Morgan fingerprint density at radius 1 is 1.06 bits per heavy atom. The van der Waals surface area contributed by atoms with Crippen LogP contribution in [0.25, 0.3) is 0 Å². The minimum atomic E-state index is -0.116. The fourth-order valence-electron chi connectivity index (χ4n) is 1.54. The van der Waals surface area contributed by atoms with E-state index in [0.717, 1.165) is 51.3 Å². The van der Waals surface area contributed by atoms with Crippen LogP contribution in [-0.2, 0) is 9.53 Å². The molecular weight excluding hydrogens is 230 g/mol. The molecule has 0 radical (unpaired) electrons. The Morgan fingerprint density at radius 3 is 2.22 bits per heavy atom. The molecule has 0 fully saturated rings. The lowest BCUT2D eigenvalue weighted by Crippen LogP contribution is -2.37. The highest BCUT2D eigenvalue weighted by Crippen LogP contribution is 2.03. The van der Waals surface area contributed by atoms with Crippen molar-refractivity contribution in [3.63, 3.8) is 0 Å². The maximum atomic E-state index is 10.9. The van der Waals surface area contributed by atoms with Crippen LogP contribution >= 0.6 is 0 Å². The summed E-state index contributed by atoms with van der Waals surface area (Å²) in [5.41, 5.74) is 0. The van der Waals surface area contributed by atoms with Crippen molar-refractivity contribution >= 4 is 11.9 Å². The molecule has 0 amide bonds. The quantitative estimate of drug-likeness (QED) is 0.285.